The molecule has 0 heterocycles. The Morgan fingerprint density at radius 3 is 2.65 bits per heavy atom. The average Bonchev–Trinajstić information content (AvgIpc) is 2.47. The Bertz CT molecular complexity index is 656. The van der Waals surface area contributed by atoms with Gasteiger partial charge in [0.05, 0.1) is 15.7 Å². The van der Waals surface area contributed by atoms with E-state index in [-0.39, 0.29) is 5.91 Å². The first kappa shape index (κ1) is 15.2. The van der Waals surface area contributed by atoms with Gasteiger partial charge >= 0.3 is 0 Å². The van der Waals surface area contributed by atoms with Crippen LogP contribution in [0.4, 0.5) is 5.69 Å². The van der Waals surface area contributed by atoms with Crippen molar-refractivity contribution in [2.45, 2.75) is 12.8 Å². The van der Waals surface area contributed by atoms with Crippen molar-refractivity contribution in [2.75, 3.05) is 5.32 Å². The fourth-order valence-corrected chi connectivity index (χ4v) is 2.38. The molecule has 0 saturated heterocycles. The van der Waals surface area contributed by atoms with E-state index in [9.17, 15) is 4.79 Å². The van der Waals surface area contributed by atoms with Gasteiger partial charge in [0.2, 0.25) is 0 Å². The summed E-state index contributed by atoms with van der Waals surface area (Å²) in [7, 11) is 0. The first-order valence-electron chi connectivity index (χ1n) is 5.93. The minimum Gasteiger partial charge on any atom is -0.319 e. The van der Waals surface area contributed by atoms with Crippen LogP contribution in [0.25, 0.3) is 0 Å². The van der Waals surface area contributed by atoms with Crippen molar-refractivity contribution in [3.8, 4) is 0 Å². The lowest BCUT2D eigenvalue weighted by Gasteiger charge is -2.11. The number of rotatable bonds is 3. The van der Waals surface area contributed by atoms with E-state index >= 15 is 0 Å². The van der Waals surface area contributed by atoms with E-state index in [4.69, 9.17) is 34.8 Å². The second-order valence-corrected chi connectivity index (χ2v) is 5.39. The maximum absolute atomic E-state index is 12.2. The minimum atomic E-state index is -0.272. The summed E-state index contributed by atoms with van der Waals surface area (Å²) in [5.41, 5.74) is 2.66. The van der Waals surface area contributed by atoms with Crippen molar-refractivity contribution >= 4 is 46.4 Å². The molecule has 2 rings (SSSR count). The fourth-order valence-electron chi connectivity index (χ4n) is 1.75. The Morgan fingerprint density at radius 2 is 1.95 bits per heavy atom. The van der Waals surface area contributed by atoms with Crippen molar-refractivity contribution in [3.05, 3.63) is 63.1 Å². The van der Waals surface area contributed by atoms with Gasteiger partial charge in [-0.3, -0.25) is 4.79 Å². The highest BCUT2D eigenvalue weighted by molar-refractivity contribution is 6.40. The van der Waals surface area contributed by atoms with Gasteiger partial charge < -0.3 is 5.32 Å². The van der Waals surface area contributed by atoms with Gasteiger partial charge in [-0.1, -0.05) is 41.4 Å². The average molecular weight is 329 g/mol. The zero-order valence-electron chi connectivity index (χ0n) is 10.7. The minimum absolute atomic E-state index is 0.272. The standard InChI is InChI=1S/C15H12Cl3NO/c1-9-5-6-12(17)14(13(9)18)19-15(20)11-4-2-3-10(7-11)8-16/h2-7H,8H2,1H3,(H,19,20). The van der Waals surface area contributed by atoms with E-state index < -0.39 is 0 Å². The van der Waals surface area contributed by atoms with E-state index in [2.05, 4.69) is 5.32 Å². The molecule has 0 saturated carbocycles. The van der Waals surface area contributed by atoms with E-state index in [0.717, 1.165) is 11.1 Å². The largest absolute Gasteiger partial charge is 0.319 e. The number of aryl methyl sites for hydroxylation is 1. The fraction of sp³-hybridized carbons (Fsp3) is 0.133. The van der Waals surface area contributed by atoms with Crippen LogP contribution in [0.3, 0.4) is 0 Å². The van der Waals surface area contributed by atoms with Crippen LogP contribution in [-0.2, 0) is 5.88 Å². The molecular formula is C15H12Cl3NO. The number of amides is 1. The van der Waals surface area contributed by atoms with E-state index in [1.807, 2.05) is 13.0 Å². The predicted octanol–water partition coefficient (Wildman–Crippen LogP) is 5.29. The lowest BCUT2D eigenvalue weighted by atomic mass is 10.1. The third kappa shape index (κ3) is 3.26. The summed E-state index contributed by atoms with van der Waals surface area (Å²) in [5, 5.41) is 3.59. The summed E-state index contributed by atoms with van der Waals surface area (Å²) >= 11 is 18.0. The second-order valence-electron chi connectivity index (χ2n) is 4.34. The van der Waals surface area contributed by atoms with Crippen LogP contribution in [0.15, 0.2) is 36.4 Å². The Labute approximate surface area is 132 Å². The highest BCUT2D eigenvalue weighted by Crippen LogP contribution is 2.33. The van der Waals surface area contributed by atoms with Gasteiger partial charge in [-0.15, -0.1) is 11.6 Å². The first-order chi connectivity index (χ1) is 9.52. The Morgan fingerprint density at radius 1 is 1.20 bits per heavy atom. The van der Waals surface area contributed by atoms with Crippen molar-refractivity contribution in [1.29, 1.82) is 0 Å². The lowest BCUT2D eigenvalue weighted by molar-refractivity contribution is 0.102. The molecule has 0 aliphatic carbocycles. The molecule has 0 unspecified atom stereocenters. The highest BCUT2D eigenvalue weighted by atomic mass is 35.5. The first-order valence-corrected chi connectivity index (χ1v) is 7.23. The van der Waals surface area contributed by atoms with Crippen LogP contribution in [-0.4, -0.2) is 5.91 Å². The number of alkyl halides is 1. The molecule has 2 aromatic carbocycles. The molecule has 0 bridgehead atoms. The number of carbonyl (C=O) groups is 1. The lowest BCUT2D eigenvalue weighted by Crippen LogP contribution is -2.13. The van der Waals surface area contributed by atoms with Gasteiger partial charge in [0.1, 0.15) is 0 Å². The van der Waals surface area contributed by atoms with Gasteiger partial charge in [-0.2, -0.15) is 0 Å². The topological polar surface area (TPSA) is 29.1 Å². The highest BCUT2D eigenvalue weighted by Gasteiger charge is 2.13. The second kappa shape index (κ2) is 6.49. The summed E-state index contributed by atoms with van der Waals surface area (Å²) in [4.78, 5) is 12.2. The molecule has 0 aliphatic rings. The van der Waals surface area contributed by atoms with Gasteiger partial charge in [-0.05, 0) is 36.2 Å². The van der Waals surface area contributed by atoms with Crippen LogP contribution in [0.5, 0.6) is 0 Å². The molecule has 1 N–H and O–H groups in total. The molecule has 0 aromatic heterocycles. The van der Waals surface area contributed by atoms with Crippen LogP contribution >= 0.6 is 34.8 Å². The smallest absolute Gasteiger partial charge is 0.255 e. The predicted molar refractivity (Wildman–Crippen MR) is 85.2 cm³/mol. The Kier molecular flexibility index (Phi) is 4.92. The maximum Gasteiger partial charge on any atom is 0.255 e. The number of nitrogens with one attached hydrogen (secondary N) is 1. The molecule has 104 valence electrons. The summed E-state index contributed by atoms with van der Waals surface area (Å²) in [6.45, 7) is 1.85. The van der Waals surface area contributed by atoms with Gasteiger partial charge in [-0.25, -0.2) is 0 Å². The molecule has 0 fully saturated rings. The van der Waals surface area contributed by atoms with E-state index in [1.54, 1.807) is 30.3 Å². The molecule has 2 aromatic rings. The normalized spacial score (nSPS) is 10.4. The SMILES string of the molecule is Cc1ccc(Cl)c(NC(=O)c2cccc(CCl)c2)c1Cl. The van der Waals surface area contributed by atoms with Crippen molar-refractivity contribution < 1.29 is 4.79 Å². The summed E-state index contributed by atoms with van der Waals surface area (Å²) in [5.74, 6) is 0.0824. The van der Waals surface area contributed by atoms with Gasteiger partial charge in [0, 0.05) is 11.4 Å². The molecular weight excluding hydrogens is 317 g/mol. The molecule has 5 heteroatoms. The Hall–Kier alpha value is -1.22. The zero-order chi connectivity index (χ0) is 14.7. The third-order valence-corrected chi connectivity index (χ3v) is 3.98. The van der Waals surface area contributed by atoms with E-state index in [1.165, 1.54) is 0 Å². The third-order valence-electron chi connectivity index (χ3n) is 2.87. The van der Waals surface area contributed by atoms with Crippen molar-refractivity contribution in [1.82, 2.24) is 0 Å². The number of hydrogen-bond donors (Lipinski definition) is 1. The van der Waals surface area contributed by atoms with Crippen LogP contribution in [0.2, 0.25) is 10.0 Å². The molecule has 20 heavy (non-hydrogen) atoms. The molecule has 0 atom stereocenters. The van der Waals surface area contributed by atoms with Gasteiger partial charge in [0.15, 0.2) is 0 Å². The van der Waals surface area contributed by atoms with Crippen LogP contribution < -0.4 is 5.32 Å². The van der Waals surface area contributed by atoms with Crippen molar-refractivity contribution in [3.63, 3.8) is 0 Å². The molecule has 0 radical (unpaired) electrons. The molecule has 2 nitrogen and oxygen atoms in total. The quantitative estimate of drug-likeness (QED) is 0.762. The molecule has 0 spiro atoms. The number of hydrogen-bond acceptors (Lipinski definition) is 1. The summed E-state index contributed by atoms with van der Waals surface area (Å²) in [6, 6.07) is 10.6. The molecule has 1 amide bonds. The summed E-state index contributed by atoms with van der Waals surface area (Å²) in [6.07, 6.45) is 0. The zero-order valence-corrected chi connectivity index (χ0v) is 13.0. The number of carbonyl (C=O) groups excluding carboxylic acids is 1. The van der Waals surface area contributed by atoms with Crippen LogP contribution in [0, 0.1) is 6.92 Å². The van der Waals surface area contributed by atoms with Crippen molar-refractivity contribution in [2.24, 2.45) is 0 Å². The number of anilines is 1. The Balaban J connectivity index is 2.30. The monoisotopic (exact) mass is 327 g/mol. The molecule has 0 aliphatic heterocycles. The van der Waals surface area contributed by atoms with E-state index in [0.29, 0.717) is 27.2 Å². The summed E-state index contributed by atoms with van der Waals surface area (Å²) < 4.78 is 0. The number of halogens is 3. The maximum atomic E-state index is 12.2. The van der Waals surface area contributed by atoms with Crippen LogP contribution in [0.1, 0.15) is 21.5 Å². The number of benzene rings is 2. The van der Waals surface area contributed by atoms with Gasteiger partial charge in [0.25, 0.3) is 5.91 Å².